The minimum absolute atomic E-state index is 0.847. The van der Waals surface area contributed by atoms with E-state index in [1.807, 2.05) is 24.3 Å². The largest absolute Gasteiger partial charge is 0.454 e. The summed E-state index contributed by atoms with van der Waals surface area (Å²) in [4.78, 5) is 2.29. The number of nitrogens with zero attached hydrogens (tertiary/aromatic N) is 1. The van der Waals surface area contributed by atoms with Gasteiger partial charge in [0.1, 0.15) is 11.2 Å². The molecule has 0 amide bonds. The number of hydrogen-bond donors (Lipinski definition) is 0. The lowest BCUT2D eigenvalue weighted by Gasteiger charge is -2.26. The quantitative estimate of drug-likeness (QED) is 0.215. The molecule has 2 aromatic heterocycles. The van der Waals surface area contributed by atoms with Crippen LogP contribution in [0.2, 0.25) is 0 Å². The van der Waals surface area contributed by atoms with Gasteiger partial charge in [-0.3, -0.25) is 0 Å². The van der Waals surface area contributed by atoms with Crippen molar-refractivity contribution in [1.29, 1.82) is 0 Å². The van der Waals surface area contributed by atoms with Gasteiger partial charge in [-0.1, -0.05) is 103 Å². The van der Waals surface area contributed by atoms with Crippen LogP contribution in [0.25, 0.3) is 65.4 Å². The van der Waals surface area contributed by atoms with Gasteiger partial charge in [0, 0.05) is 27.2 Å². The third-order valence-electron chi connectivity index (χ3n) is 8.24. The van der Waals surface area contributed by atoms with Crippen molar-refractivity contribution in [3.63, 3.8) is 0 Å². The van der Waals surface area contributed by atoms with Crippen LogP contribution >= 0.6 is 0 Å². The van der Waals surface area contributed by atoms with Crippen molar-refractivity contribution in [2.45, 2.75) is 0 Å². The maximum absolute atomic E-state index is 6.56. The van der Waals surface area contributed by atoms with Gasteiger partial charge in [-0.25, -0.2) is 0 Å². The Hall–Kier alpha value is -5.54. The molecule has 0 aliphatic heterocycles. The Labute approximate surface area is 235 Å². The van der Waals surface area contributed by atoms with E-state index >= 15 is 0 Å². The normalized spacial score (nSPS) is 11.9. The topological polar surface area (TPSA) is 29.5 Å². The number of benzene rings is 7. The van der Waals surface area contributed by atoms with Crippen LogP contribution in [-0.4, -0.2) is 0 Å². The van der Waals surface area contributed by atoms with Gasteiger partial charge in [-0.05, 0) is 57.9 Å². The molecule has 0 aliphatic carbocycles. The fourth-order valence-corrected chi connectivity index (χ4v) is 6.35. The number of anilines is 3. The van der Waals surface area contributed by atoms with Crippen molar-refractivity contribution in [2.75, 3.05) is 4.90 Å². The van der Waals surface area contributed by atoms with Crippen LogP contribution in [0, 0.1) is 0 Å². The number of furan rings is 2. The van der Waals surface area contributed by atoms with Crippen LogP contribution < -0.4 is 4.90 Å². The number of hydrogen-bond acceptors (Lipinski definition) is 3. The van der Waals surface area contributed by atoms with Crippen LogP contribution in [0.1, 0.15) is 0 Å². The van der Waals surface area contributed by atoms with Gasteiger partial charge >= 0.3 is 0 Å². The second kappa shape index (κ2) is 8.48. The summed E-state index contributed by atoms with van der Waals surface area (Å²) in [5.41, 5.74) is 6.41. The average molecular weight is 526 g/mol. The minimum atomic E-state index is 0.847. The van der Waals surface area contributed by atoms with Crippen molar-refractivity contribution in [3.05, 3.63) is 140 Å². The Kier molecular flexibility index (Phi) is 4.61. The van der Waals surface area contributed by atoms with E-state index in [9.17, 15) is 0 Å². The molecule has 3 heteroatoms. The molecule has 0 aliphatic rings. The monoisotopic (exact) mass is 525 g/mol. The molecule has 0 unspecified atom stereocenters. The van der Waals surface area contributed by atoms with Crippen LogP contribution in [0.5, 0.6) is 0 Å². The van der Waals surface area contributed by atoms with Gasteiger partial charge < -0.3 is 13.7 Å². The van der Waals surface area contributed by atoms with Gasteiger partial charge in [0.2, 0.25) is 0 Å². The predicted molar refractivity (Wildman–Crippen MR) is 171 cm³/mol. The second-order valence-corrected chi connectivity index (χ2v) is 10.5. The number of rotatable bonds is 3. The lowest BCUT2D eigenvalue weighted by atomic mass is 10.0. The van der Waals surface area contributed by atoms with Crippen molar-refractivity contribution in [1.82, 2.24) is 0 Å². The van der Waals surface area contributed by atoms with E-state index in [4.69, 9.17) is 8.83 Å². The molecule has 0 spiro atoms. The summed E-state index contributed by atoms with van der Waals surface area (Å²) < 4.78 is 13.1. The van der Waals surface area contributed by atoms with E-state index in [0.29, 0.717) is 0 Å². The summed E-state index contributed by atoms with van der Waals surface area (Å²) in [6.45, 7) is 0. The Morgan fingerprint density at radius 2 is 0.854 bits per heavy atom. The van der Waals surface area contributed by atoms with Crippen molar-refractivity contribution in [3.8, 4) is 0 Å². The minimum Gasteiger partial charge on any atom is -0.454 e. The predicted octanol–water partition coefficient (Wildman–Crippen LogP) is 11.3. The smallest absolute Gasteiger partial charge is 0.159 e. The summed E-state index contributed by atoms with van der Waals surface area (Å²) in [6.07, 6.45) is 0. The second-order valence-electron chi connectivity index (χ2n) is 10.5. The molecule has 0 N–H and O–H groups in total. The zero-order valence-corrected chi connectivity index (χ0v) is 22.0. The first-order chi connectivity index (χ1) is 20.3. The standard InChI is InChI=1S/C38H23NO2/c1-2-10-27-24(9-1)19-20-25-21-22-26(23-32(25)27)39(33-15-7-13-30-28-11-3-5-17-35(28)40-37(30)33)34-16-8-14-31-29-12-4-6-18-36(29)41-38(31)34/h1-23H. The van der Waals surface area contributed by atoms with E-state index in [1.165, 1.54) is 21.5 Å². The summed E-state index contributed by atoms with van der Waals surface area (Å²) in [7, 11) is 0. The van der Waals surface area contributed by atoms with E-state index in [1.54, 1.807) is 0 Å². The molecule has 2 heterocycles. The molecule has 41 heavy (non-hydrogen) atoms. The SMILES string of the molecule is c1ccc2c(c1)ccc1ccc(N(c3cccc4c3oc3ccccc34)c3cccc4c3oc3ccccc34)cc12. The van der Waals surface area contributed by atoms with E-state index in [2.05, 4.69) is 120 Å². The summed E-state index contributed by atoms with van der Waals surface area (Å²) >= 11 is 0. The lowest BCUT2D eigenvalue weighted by Crippen LogP contribution is -2.10. The molecule has 0 atom stereocenters. The highest BCUT2D eigenvalue weighted by molar-refractivity contribution is 6.15. The van der Waals surface area contributed by atoms with Gasteiger partial charge in [0.05, 0.1) is 11.4 Å². The van der Waals surface area contributed by atoms with E-state index < -0.39 is 0 Å². The van der Waals surface area contributed by atoms with E-state index in [0.717, 1.165) is 60.9 Å². The molecule has 192 valence electrons. The highest BCUT2D eigenvalue weighted by Crippen LogP contribution is 2.46. The Bertz CT molecular complexity index is 2330. The number of para-hydroxylation sites is 4. The number of fused-ring (bicyclic) bond motifs is 9. The molecule has 0 fully saturated rings. The van der Waals surface area contributed by atoms with Gasteiger partial charge in [0.25, 0.3) is 0 Å². The fraction of sp³-hybridized carbons (Fsp3) is 0. The highest BCUT2D eigenvalue weighted by atomic mass is 16.3. The molecule has 9 aromatic rings. The van der Waals surface area contributed by atoms with Crippen LogP contribution in [0.15, 0.2) is 148 Å². The third kappa shape index (κ3) is 3.26. The fourth-order valence-electron chi connectivity index (χ4n) is 6.35. The Morgan fingerprint density at radius 1 is 0.366 bits per heavy atom. The van der Waals surface area contributed by atoms with Crippen molar-refractivity contribution in [2.24, 2.45) is 0 Å². The molecule has 0 saturated carbocycles. The van der Waals surface area contributed by atoms with Crippen LogP contribution in [0.4, 0.5) is 17.1 Å². The zero-order valence-electron chi connectivity index (χ0n) is 22.0. The summed E-state index contributed by atoms with van der Waals surface area (Å²) in [6, 6.07) is 48.9. The molecule has 3 nitrogen and oxygen atoms in total. The molecule has 0 saturated heterocycles. The molecular weight excluding hydrogens is 502 g/mol. The maximum Gasteiger partial charge on any atom is 0.159 e. The molecule has 0 radical (unpaired) electrons. The van der Waals surface area contributed by atoms with Crippen molar-refractivity contribution >= 4 is 82.5 Å². The van der Waals surface area contributed by atoms with E-state index in [-0.39, 0.29) is 0 Å². The van der Waals surface area contributed by atoms with Crippen LogP contribution in [-0.2, 0) is 0 Å². The van der Waals surface area contributed by atoms with Crippen molar-refractivity contribution < 1.29 is 8.83 Å². The highest BCUT2D eigenvalue weighted by Gasteiger charge is 2.23. The summed E-state index contributed by atoms with van der Waals surface area (Å²) in [5, 5.41) is 9.26. The first-order valence-electron chi connectivity index (χ1n) is 13.9. The zero-order chi connectivity index (χ0) is 26.9. The van der Waals surface area contributed by atoms with Gasteiger partial charge in [-0.2, -0.15) is 0 Å². The lowest BCUT2D eigenvalue weighted by molar-refractivity contribution is 0.666. The Morgan fingerprint density at radius 3 is 1.49 bits per heavy atom. The molecule has 7 aromatic carbocycles. The third-order valence-corrected chi connectivity index (χ3v) is 8.24. The van der Waals surface area contributed by atoms with Gasteiger partial charge in [-0.15, -0.1) is 0 Å². The first kappa shape index (κ1) is 22.3. The molecular formula is C38H23NO2. The molecule has 0 bridgehead atoms. The molecule has 9 rings (SSSR count). The summed E-state index contributed by atoms with van der Waals surface area (Å²) in [5.74, 6) is 0. The average Bonchev–Trinajstić information content (AvgIpc) is 3.61. The Balaban J connectivity index is 1.40. The maximum atomic E-state index is 6.56. The van der Waals surface area contributed by atoms with Crippen LogP contribution in [0.3, 0.4) is 0 Å². The first-order valence-corrected chi connectivity index (χ1v) is 13.9. The van der Waals surface area contributed by atoms with Gasteiger partial charge in [0.15, 0.2) is 11.2 Å².